The number of nitrogens with zero attached hydrogens (tertiary/aromatic N) is 2. The van der Waals surface area contributed by atoms with Crippen LogP contribution in [0, 0.1) is 0 Å². The molecule has 1 unspecified atom stereocenters. The summed E-state index contributed by atoms with van der Waals surface area (Å²) in [6, 6.07) is 0. The largest absolute Gasteiger partial charge is 0.390 e. The Hall–Kier alpha value is -0.590. The lowest BCUT2D eigenvalue weighted by atomic mass is 10.4. The molecule has 0 bridgehead atoms. The molecule has 50 valence electrons. The van der Waals surface area contributed by atoms with Crippen LogP contribution in [-0.4, -0.2) is 22.6 Å². The lowest BCUT2D eigenvalue weighted by Crippen LogP contribution is -2.52. The monoisotopic (exact) mass is 146 g/mol. The van der Waals surface area contributed by atoms with Crippen LogP contribution in [0.2, 0.25) is 0 Å². The van der Waals surface area contributed by atoms with E-state index >= 15 is 0 Å². The molecule has 5 nitrogen and oxygen atoms in total. The van der Waals surface area contributed by atoms with Crippen molar-refractivity contribution in [3.8, 4) is 0 Å². The molecule has 0 fully saturated rings. The van der Waals surface area contributed by atoms with E-state index in [9.17, 15) is 0 Å². The molecule has 0 aromatic heterocycles. The molecule has 0 radical (unpaired) electrons. The van der Waals surface area contributed by atoms with E-state index in [1.807, 2.05) is 0 Å². The van der Waals surface area contributed by atoms with Gasteiger partial charge in [-0.1, -0.05) is 0 Å². The van der Waals surface area contributed by atoms with Gasteiger partial charge in [-0.05, 0) is 12.2 Å². The molecule has 1 aliphatic heterocycles. The molecular formula is C3H6N4OS. The Balaban J connectivity index is 2.68. The predicted molar refractivity (Wildman–Crippen MR) is 34.6 cm³/mol. The first-order valence-electron chi connectivity index (χ1n) is 2.31. The molecule has 0 saturated heterocycles. The Morgan fingerprint density at radius 1 is 1.89 bits per heavy atom. The molecule has 0 amide bonds. The van der Waals surface area contributed by atoms with Crippen LogP contribution < -0.4 is 11.1 Å². The average Bonchev–Trinajstić information content (AvgIpc) is 2.13. The van der Waals surface area contributed by atoms with Crippen molar-refractivity contribution in [3.05, 3.63) is 0 Å². The molecule has 0 aromatic rings. The zero-order chi connectivity index (χ0) is 6.91. The Labute approximate surface area is 57.0 Å². The second kappa shape index (κ2) is 1.98. The van der Waals surface area contributed by atoms with Gasteiger partial charge < -0.3 is 10.4 Å². The van der Waals surface area contributed by atoms with Crippen LogP contribution >= 0.6 is 12.2 Å². The minimum atomic E-state index is -1.17. The quantitative estimate of drug-likeness (QED) is 0.411. The third-order valence-corrected chi connectivity index (χ3v) is 1.07. The van der Waals surface area contributed by atoms with Crippen LogP contribution in [0.3, 0.4) is 0 Å². The fourth-order valence-corrected chi connectivity index (χ4v) is 0.659. The summed E-state index contributed by atoms with van der Waals surface area (Å²) in [7, 11) is 0. The smallest absolute Gasteiger partial charge is 0.227 e. The number of thiocarbonyl (C=S) groups is 1. The van der Waals surface area contributed by atoms with Gasteiger partial charge in [-0.3, -0.25) is 5.73 Å². The van der Waals surface area contributed by atoms with E-state index in [4.69, 9.17) is 10.8 Å². The Bertz CT molecular complexity index is 169. The number of nitrogens with one attached hydrogen (secondary N) is 1. The summed E-state index contributed by atoms with van der Waals surface area (Å²) >= 11 is 4.57. The molecule has 0 spiro atoms. The van der Waals surface area contributed by atoms with E-state index in [2.05, 4.69) is 27.8 Å². The van der Waals surface area contributed by atoms with Gasteiger partial charge in [-0.25, -0.2) is 0 Å². The molecular weight excluding hydrogens is 140 g/mol. The van der Waals surface area contributed by atoms with Gasteiger partial charge in [0.1, 0.15) is 6.61 Å². The van der Waals surface area contributed by atoms with Crippen LogP contribution in [-0.2, 0) is 0 Å². The highest BCUT2D eigenvalue weighted by molar-refractivity contribution is 7.80. The zero-order valence-electron chi connectivity index (χ0n) is 4.53. The van der Waals surface area contributed by atoms with Crippen LogP contribution in [0.5, 0.6) is 0 Å². The normalized spacial score (nSPS) is 32.9. The van der Waals surface area contributed by atoms with E-state index < -0.39 is 5.79 Å². The lowest BCUT2D eigenvalue weighted by Gasteiger charge is -2.14. The number of aliphatic hydroxyl groups excluding tert-OH is 1. The number of azo groups is 1. The van der Waals surface area contributed by atoms with E-state index in [0.717, 1.165) is 0 Å². The molecule has 1 aliphatic rings. The van der Waals surface area contributed by atoms with Crippen molar-refractivity contribution < 1.29 is 5.11 Å². The summed E-state index contributed by atoms with van der Waals surface area (Å²) in [6.07, 6.45) is 0. The maximum atomic E-state index is 8.54. The SMILES string of the molecule is NC1(CO)N=NC(=S)N1. The van der Waals surface area contributed by atoms with Crippen molar-refractivity contribution in [2.45, 2.75) is 5.79 Å². The van der Waals surface area contributed by atoms with Crippen molar-refractivity contribution >= 4 is 17.3 Å². The summed E-state index contributed by atoms with van der Waals surface area (Å²) in [5.74, 6) is -1.17. The average molecular weight is 146 g/mol. The van der Waals surface area contributed by atoms with Crippen molar-refractivity contribution in [3.63, 3.8) is 0 Å². The molecule has 1 atom stereocenters. The number of aliphatic hydroxyl groups is 1. The summed E-state index contributed by atoms with van der Waals surface area (Å²) in [5, 5.41) is 18.2. The van der Waals surface area contributed by atoms with Crippen LogP contribution in [0.4, 0.5) is 0 Å². The van der Waals surface area contributed by atoms with Crippen LogP contribution in [0.1, 0.15) is 0 Å². The van der Waals surface area contributed by atoms with Crippen molar-refractivity contribution in [2.75, 3.05) is 6.61 Å². The van der Waals surface area contributed by atoms with Gasteiger partial charge in [-0.2, -0.15) is 0 Å². The topological polar surface area (TPSA) is 83.0 Å². The summed E-state index contributed by atoms with van der Waals surface area (Å²) in [6.45, 7) is -0.309. The number of nitrogens with two attached hydrogens (primary N) is 1. The Morgan fingerprint density at radius 3 is 2.78 bits per heavy atom. The van der Waals surface area contributed by atoms with Crippen LogP contribution in [0.15, 0.2) is 10.2 Å². The van der Waals surface area contributed by atoms with Gasteiger partial charge in [0, 0.05) is 0 Å². The highest BCUT2D eigenvalue weighted by atomic mass is 32.1. The first-order chi connectivity index (χ1) is 4.16. The van der Waals surface area contributed by atoms with Gasteiger partial charge in [0.15, 0.2) is 0 Å². The summed E-state index contributed by atoms with van der Waals surface area (Å²) in [4.78, 5) is 0. The molecule has 6 heteroatoms. The number of hydrogen-bond donors (Lipinski definition) is 3. The van der Waals surface area contributed by atoms with Crippen molar-refractivity contribution in [2.24, 2.45) is 16.0 Å². The molecule has 4 N–H and O–H groups in total. The highest BCUT2D eigenvalue weighted by Gasteiger charge is 2.28. The first kappa shape index (κ1) is 6.53. The summed E-state index contributed by atoms with van der Waals surface area (Å²) in [5.41, 5.74) is 5.34. The summed E-state index contributed by atoms with van der Waals surface area (Å²) < 4.78 is 0. The minimum Gasteiger partial charge on any atom is -0.390 e. The second-order valence-corrected chi connectivity index (χ2v) is 2.10. The zero-order valence-corrected chi connectivity index (χ0v) is 5.35. The van der Waals surface area contributed by atoms with Gasteiger partial charge in [0.05, 0.1) is 0 Å². The van der Waals surface area contributed by atoms with Gasteiger partial charge in [0.25, 0.3) is 0 Å². The third-order valence-electron chi connectivity index (χ3n) is 0.884. The fraction of sp³-hybridized carbons (Fsp3) is 0.667. The van der Waals surface area contributed by atoms with Gasteiger partial charge in [0.2, 0.25) is 10.9 Å². The van der Waals surface area contributed by atoms with Gasteiger partial charge >= 0.3 is 0 Å². The second-order valence-electron chi connectivity index (χ2n) is 1.71. The van der Waals surface area contributed by atoms with Crippen LogP contribution in [0.25, 0.3) is 0 Å². The van der Waals surface area contributed by atoms with E-state index in [1.165, 1.54) is 0 Å². The number of hydrogen-bond acceptors (Lipinski definition) is 4. The molecule has 0 aromatic carbocycles. The van der Waals surface area contributed by atoms with E-state index in [0.29, 0.717) is 0 Å². The third kappa shape index (κ3) is 1.21. The van der Waals surface area contributed by atoms with Crippen molar-refractivity contribution in [1.82, 2.24) is 5.32 Å². The molecule has 9 heavy (non-hydrogen) atoms. The molecule has 1 heterocycles. The Kier molecular flexibility index (Phi) is 1.43. The molecule has 0 aliphatic carbocycles. The minimum absolute atomic E-state index is 0.214. The number of rotatable bonds is 1. The Morgan fingerprint density at radius 2 is 2.56 bits per heavy atom. The maximum Gasteiger partial charge on any atom is 0.227 e. The molecule has 1 rings (SSSR count). The van der Waals surface area contributed by atoms with Crippen molar-refractivity contribution in [1.29, 1.82) is 0 Å². The highest BCUT2D eigenvalue weighted by Crippen LogP contribution is 2.05. The first-order valence-corrected chi connectivity index (χ1v) is 2.72. The van der Waals surface area contributed by atoms with E-state index in [1.54, 1.807) is 0 Å². The standard InChI is InChI=1S/C3H6N4OS/c4-3(1-8)5-2(9)6-7-3/h8H,1,4H2,(H,5,9). The lowest BCUT2D eigenvalue weighted by molar-refractivity contribution is 0.193. The fourth-order valence-electron chi connectivity index (χ4n) is 0.441. The predicted octanol–water partition coefficient (Wildman–Crippen LogP) is -1.07. The molecule has 0 saturated carbocycles. The van der Waals surface area contributed by atoms with Gasteiger partial charge in [-0.15, -0.1) is 10.2 Å². The maximum absolute atomic E-state index is 8.54. The van der Waals surface area contributed by atoms with E-state index in [-0.39, 0.29) is 11.7 Å².